The van der Waals surface area contributed by atoms with Crippen LogP contribution in [0.1, 0.15) is 31.0 Å². The van der Waals surface area contributed by atoms with Gasteiger partial charge in [0.05, 0.1) is 18.6 Å². The van der Waals surface area contributed by atoms with Crippen LogP contribution in [0.3, 0.4) is 0 Å². The molecule has 108 valence electrons. The highest BCUT2D eigenvalue weighted by atomic mass is 35.5. The lowest BCUT2D eigenvalue weighted by atomic mass is 9.80. The van der Waals surface area contributed by atoms with Crippen LogP contribution in [0.2, 0.25) is 0 Å². The van der Waals surface area contributed by atoms with E-state index in [9.17, 15) is 13.6 Å². The number of hydrogen-bond acceptors (Lipinski definition) is 3. The monoisotopic (exact) mass is 293 g/mol. The summed E-state index contributed by atoms with van der Waals surface area (Å²) in [5.41, 5.74) is 4.61. The van der Waals surface area contributed by atoms with Crippen LogP contribution in [-0.2, 0) is 9.53 Å². The van der Waals surface area contributed by atoms with Gasteiger partial charge in [0.15, 0.2) is 0 Å². The molecule has 1 atom stereocenters. The number of carbonyl (C=O) groups excluding carboxylic acids is 1. The van der Waals surface area contributed by atoms with Crippen LogP contribution >= 0.6 is 12.4 Å². The van der Waals surface area contributed by atoms with Gasteiger partial charge in [-0.05, 0) is 32.4 Å². The molecule has 0 fully saturated rings. The second kappa shape index (κ2) is 6.30. The van der Waals surface area contributed by atoms with Crippen molar-refractivity contribution in [1.82, 2.24) is 0 Å². The summed E-state index contributed by atoms with van der Waals surface area (Å²) in [6.07, 6.45) is 0. The Labute approximate surface area is 117 Å². The Hall–Kier alpha value is -1.20. The van der Waals surface area contributed by atoms with Crippen LogP contribution in [0.15, 0.2) is 12.1 Å². The van der Waals surface area contributed by atoms with Gasteiger partial charge in [0.2, 0.25) is 0 Å². The number of methoxy groups -OCH3 is 1. The van der Waals surface area contributed by atoms with Crippen molar-refractivity contribution < 1.29 is 18.3 Å². The summed E-state index contributed by atoms with van der Waals surface area (Å²) in [4.78, 5) is 11.6. The third kappa shape index (κ3) is 3.22. The molecular formula is C13H18ClF2NO2. The van der Waals surface area contributed by atoms with E-state index in [0.29, 0.717) is 0 Å². The molecule has 0 amide bonds. The minimum Gasteiger partial charge on any atom is -0.469 e. The van der Waals surface area contributed by atoms with E-state index >= 15 is 0 Å². The summed E-state index contributed by atoms with van der Waals surface area (Å²) in [5.74, 6) is -2.10. The van der Waals surface area contributed by atoms with Crippen molar-refractivity contribution in [2.24, 2.45) is 11.1 Å². The quantitative estimate of drug-likeness (QED) is 0.872. The Morgan fingerprint density at radius 2 is 1.89 bits per heavy atom. The topological polar surface area (TPSA) is 52.3 Å². The molecular weight excluding hydrogens is 276 g/mol. The van der Waals surface area contributed by atoms with E-state index < -0.39 is 29.1 Å². The SMILES string of the molecule is COC(=O)C(C)(C)[C@H](N)c1c(F)ccc(C)c1F.Cl. The molecule has 1 aromatic rings. The van der Waals surface area contributed by atoms with E-state index in [4.69, 9.17) is 5.73 Å². The van der Waals surface area contributed by atoms with Gasteiger partial charge in [0, 0.05) is 5.56 Å². The van der Waals surface area contributed by atoms with Crippen molar-refractivity contribution in [2.45, 2.75) is 26.8 Å². The van der Waals surface area contributed by atoms with Gasteiger partial charge in [-0.15, -0.1) is 12.4 Å². The molecule has 0 saturated heterocycles. The number of esters is 1. The second-order valence-corrected chi connectivity index (χ2v) is 4.78. The molecule has 0 saturated carbocycles. The van der Waals surface area contributed by atoms with E-state index in [-0.39, 0.29) is 23.5 Å². The lowest BCUT2D eigenvalue weighted by molar-refractivity contribution is -0.152. The van der Waals surface area contributed by atoms with Crippen molar-refractivity contribution in [3.8, 4) is 0 Å². The van der Waals surface area contributed by atoms with Gasteiger partial charge in [0.1, 0.15) is 11.6 Å². The van der Waals surface area contributed by atoms with Crippen molar-refractivity contribution >= 4 is 18.4 Å². The molecule has 19 heavy (non-hydrogen) atoms. The zero-order chi connectivity index (χ0) is 14.1. The average molecular weight is 294 g/mol. The van der Waals surface area contributed by atoms with E-state index in [0.717, 1.165) is 6.07 Å². The average Bonchev–Trinajstić information content (AvgIpc) is 2.33. The van der Waals surface area contributed by atoms with Gasteiger partial charge in [-0.3, -0.25) is 4.79 Å². The van der Waals surface area contributed by atoms with Gasteiger partial charge in [-0.1, -0.05) is 6.07 Å². The Kier molecular flexibility index (Phi) is 5.90. The van der Waals surface area contributed by atoms with E-state index in [1.807, 2.05) is 0 Å². The molecule has 0 heterocycles. The van der Waals surface area contributed by atoms with E-state index in [1.165, 1.54) is 33.9 Å². The highest BCUT2D eigenvalue weighted by Gasteiger charge is 2.39. The van der Waals surface area contributed by atoms with Gasteiger partial charge >= 0.3 is 5.97 Å². The third-order valence-corrected chi connectivity index (χ3v) is 3.12. The van der Waals surface area contributed by atoms with Crippen molar-refractivity contribution in [1.29, 1.82) is 0 Å². The molecule has 2 N–H and O–H groups in total. The highest BCUT2D eigenvalue weighted by Crippen LogP contribution is 2.35. The smallest absolute Gasteiger partial charge is 0.313 e. The van der Waals surface area contributed by atoms with Crippen molar-refractivity contribution in [2.75, 3.05) is 7.11 Å². The molecule has 0 aliphatic rings. The first-order chi connectivity index (χ1) is 8.23. The van der Waals surface area contributed by atoms with Crippen LogP contribution < -0.4 is 5.73 Å². The number of ether oxygens (including phenoxy) is 1. The lowest BCUT2D eigenvalue weighted by Crippen LogP contribution is -2.38. The maximum absolute atomic E-state index is 13.9. The fourth-order valence-corrected chi connectivity index (χ4v) is 1.71. The van der Waals surface area contributed by atoms with Crippen LogP contribution in [0, 0.1) is 24.0 Å². The summed E-state index contributed by atoms with van der Waals surface area (Å²) in [5, 5.41) is 0. The Morgan fingerprint density at radius 1 is 1.37 bits per heavy atom. The van der Waals surface area contributed by atoms with Crippen molar-refractivity contribution in [3.63, 3.8) is 0 Å². The Bertz CT molecular complexity index is 478. The fourth-order valence-electron chi connectivity index (χ4n) is 1.71. The van der Waals surface area contributed by atoms with E-state index in [1.54, 1.807) is 0 Å². The standard InChI is InChI=1S/C13H17F2NO2.ClH/c1-7-5-6-8(14)9(10(7)15)11(16)13(2,3)12(17)18-4;/h5-6,11H,16H2,1-4H3;1H/t11-;/m1./s1. The normalized spacial score (nSPS) is 12.6. The molecule has 0 aliphatic carbocycles. The zero-order valence-electron chi connectivity index (χ0n) is 11.3. The largest absolute Gasteiger partial charge is 0.469 e. The zero-order valence-corrected chi connectivity index (χ0v) is 12.1. The number of aryl methyl sites for hydroxylation is 1. The molecule has 0 spiro atoms. The fraction of sp³-hybridized carbons (Fsp3) is 0.462. The molecule has 0 unspecified atom stereocenters. The summed E-state index contributed by atoms with van der Waals surface area (Å²) in [6, 6.07) is 1.34. The molecule has 1 aromatic carbocycles. The number of benzene rings is 1. The number of halogens is 3. The molecule has 3 nitrogen and oxygen atoms in total. The first-order valence-electron chi connectivity index (χ1n) is 5.52. The maximum Gasteiger partial charge on any atom is 0.313 e. The van der Waals surface area contributed by atoms with Crippen molar-refractivity contribution in [3.05, 3.63) is 34.9 Å². The summed E-state index contributed by atoms with van der Waals surface area (Å²) in [6.45, 7) is 4.49. The maximum atomic E-state index is 13.9. The van der Waals surface area contributed by atoms with Crippen LogP contribution in [-0.4, -0.2) is 13.1 Å². The van der Waals surface area contributed by atoms with E-state index in [2.05, 4.69) is 4.74 Å². The minimum atomic E-state index is -1.22. The number of hydrogen-bond donors (Lipinski definition) is 1. The Balaban J connectivity index is 0.00000324. The molecule has 0 aromatic heterocycles. The summed E-state index contributed by atoms with van der Waals surface area (Å²) in [7, 11) is 1.21. The van der Waals surface area contributed by atoms with Crippen LogP contribution in [0.25, 0.3) is 0 Å². The summed E-state index contributed by atoms with van der Waals surface area (Å²) < 4.78 is 32.2. The second-order valence-electron chi connectivity index (χ2n) is 4.78. The highest BCUT2D eigenvalue weighted by molar-refractivity contribution is 5.85. The molecule has 0 radical (unpaired) electrons. The van der Waals surface area contributed by atoms with Crippen LogP contribution in [0.4, 0.5) is 8.78 Å². The Morgan fingerprint density at radius 3 is 2.37 bits per heavy atom. The van der Waals surface area contributed by atoms with Gasteiger partial charge in [-0.2, -0.15) is 0 Å². The molecule has 6 heteroatoms. The first kappa shape index (κ1) is 17.8. The lowest BCUT2D eigenvalue weighted by Gasteiger charge is -2.29. The minimum absolute atomic E-state index is 0. The van der Waals surface area contributed by atoms with Gasteiger partial charge in [0.25, 0.3) is 0 Å². The van der Waals surface area contributed by atoms with Crippen LogP contribution in [0.5, 0.6) is 0 Å². The predicted octanol–water partition coefficient (Wildman–Crippen LogP) is 2.89. The number of nitrogens with two attached hydrogens (primary N) is 1. The van der Waals surface area contributed by atoms with Gasteiger partial charge < -0.3 is 10.5 Å². The molecule has 0 aliphatic heterocycles. The third-order valence-electron chi connectivity index (χ3n) is 3.12. The summed E-state index contributed by atoms with van der Waals surface area (Å²) >= 11 is 0. The molecule has 1 rings (SSSR count). The predicted molar refractivity (Wildman–Crippen MR) is 71.1 cm³/mol. The first-order valence-corrected chi connectivity index (χ1v) is 5.52. The number of carbonyl (C=O) groups is 1. The number of rotatable bonds is 3. The molecule has 0 bridgehead atoms. The van der Waals surface area contributed by atoms with Gasteiger partial charge in [-0.25, -0.2) is 8.78 Å².